The van der Waals surface area contributed by atoms with Crippen molar-refractivity contribution in [1.82, 2.24) is 15.1 Å². The van der Waals surface area contributed by atoms with Gasteiger partial charge < -0.3 is 14.5 Å². The zero-order chi connectivity index (χ0) is 24.2. The quantitative estimate of drug-likeness (QED) is 0.354. The summed E-state index contributed by atoms with van der Waals surface area (Å²) in [6.07, 6.45) is 1.92. The third-order valence-electron chi connectivity index (χ3n) is 5.63. The molecule has 0 aliphatic rings. The van der Waals surface area contributed by atoms with Crippen molar-refractivity contribution in [2.45, 2.75) is 13.5 Å². The lowest BCUT2D eigenvalue weighted by Crippen LogP contribution is -2.28. The molecule has 5 aromatic rings. The molecule has 0 bridgehead atoms. The maximum absolute atomic E-state index is 12.5. The van der Waals surface area contributed by atoms with E-state index in [0.29, 0.717) is 17.9 Å². The zero-order valence-electron chi connectivity index (χ0n) is 19.1. The lowest BCUT2D eigenvalue weighted by molar-refractivity contribution is -0.123. The van der Waals surface area contributed by atoms with Crippen molar-refractivity contribution in [2.24, 2.45) is 0 Å². The highest BCUT2D eigenvalue weighted by Gasteiger charge is 2.14. The molecule has 0 unspecified atom stereocenters. The number of aromatic nitrogens is 2. The van der Waals surface area contributed by atoms with E-state index in [2.05, 4.69) is 5.32 Å². The fourth-order valence-electron chi connectivity index (χ4n) is 3.88. The summed E-state index contributed by atoms with van der Waals surface area (Å²) in [5, 5.41) is 8.50. The first kappa shape index (κ1) is 22.2. The van der Waals surface area contributed by atoms with Crippen molar-refractivity contribution in [3.63, 3.8) is 0 Å². The summed E-state index contributed by atoms with van der Waals surface area (Å²) in [5.74, 6) is 0.172. The number of benzene rings is 3. The van der Waals surface area contributed by atoms with Gasteiger partial charge in [-0.25, -0.2) is 9.48 Å². The van der Waals surface area contributed by atoms with Crippen LogP contribution < -0.4 is 15.7 Å². The number of hydrogen-bond acceptors (Lipinski definition) is 5. The van der Waals surface area contributed by atoms with Crippen molar-refractivity contribution in [3.05, 3.63) is 113 Å². The molecular formula is C28H23N3O4. The molecule has 0 spiro atoms. The molecule has 1 N–H and O–H groups in total. The molecule has 5 rings (SSSR count). The van der Waals surface area contributed by atoms with Crippen LogP contribution in [-0.4, -0.2) is 22.3 Å². The monoisotopic (exact) mass is 465 g/mol. The Morgan fingerprint density at radius 1 is 1.00 bits per heavy atom. The number of nitrogens with zero attached hydrogens (tertiary/aromatic N) is 2. The molecule has 7 heteroatoms. The normalized spacial score (nSPS) is 10.9. The van der Waals surface area contributed by atoms with Gasteiger partial charge in [-0.15, -0.1) is 0 Å². The highest BCUT2D eigenvalue weighted by molar-refractivity contribution is 5.82. The van der Waals surface area contributed by atoms with Crippen molar-refractivity contribution < 1.29 is 13.9 Å². The van der Waals surface area contributed by atoms with Crippen LogP contribution in [0.3, 0.4) is 0 Å². The molecule has 0 fully saturated rings. The fourth-order valence-corrected chi connectivity index (χ4v) is 3.88. The van der Waals surface area contributed by atoms with Gasteiger partial charge in [-0.2, -0.15) is 5.10 Å². The molecule has 3 aromatic carbocycles. The number of para-hydroxylation sites is 1. The van der Waals surface area contributed by atoms with Crippen LogP contribution in [0.25, 0.3) is 27.9 Å². The average Bonchev–Trinajstić information content (AvgIpc) is 3.31. The molecule has 2 aromatic heterocycles. The summed E-state index contributed by atoms with van der Waals surface area (Å²) in [7, 11) is 0. The molecule has 1 amide bonds. The van der Waals surface area contributed by atoms with E-state index in [1.807, 2.05) is 84.5 Å². The number of ether oxygens (including phenoxy) is 1. The minimum Gasteiger partial charge on any atom is -0.484 e. The zero-order valence-corrected chi connectivity index (χ0v) is 19.1. The van der Waals surface area contributed by atoms with E-state index < -0.39 is 5.63 Å². The SMILES string of the molecule is Cc1cc(=O)oc2cc(OCC(=O)NCc3cn(-c4ccccc4)nc3-c3ccccc3)ccc12. The summed E-state index contributed by atoms with van der Waals surface area (Å²) in [5.41, 5.74) is 4.42. The van der Waals surface area contributed by atoms with Crippen LogP contribution >= 0.6 is 0 Å². The van der Waals surface area contributed by atoms with Gasteiger partial charge >= 0.3 is 5.63 Å². The van der Waals surface area contributed by atoms with Crippen LogP contribution in [0.1, 0.15) is 11.1 Å². The molecular weight excluding hydrogens is 442 g/mol. The minimum atomic E-state index is -0.421. The number of amides is 1. The molecule has 35 heavy (non-hydrogen) atoms. The predicted molar refractivity (Wildman–Crippen MR) is 134 cm³/mol. The Bertz CT molecular complexity index is 1540. The van der Waals surface area contributed by atoms with Crippen molar-refractivity contribution in [3.8, 4) is 22.7 Å². The molecule has 0 atom stereocenters. The summed E-state index contributed by atoms with van der Waals surface area (Å²) in [4.78, 5) is 24.2. The van der Waals surface area contributed by atoms with E-state index >= 15 is 0 Å². The highest BCUT2D eigenvalue weighted by Crippen LogP contribution is 2.24. The second-order valence-corrected chi connectivity index (χ2v) is 8.12. The second-order valence-electron chi connectivity index (χ2n) is 8.12. The van der Waals surface area contributed by atoms with Gasteiger partial charge in [0, 0.05) is 41.4 Å². The Kier molecular flexibility index (Phi) is 6.13. The first-order valence-corrected chi connectivity index (χ1v) is 11.2. The Balaban J connectivity index is 1.29. The standard InChI is InChI=1S/C28H23N3O4/c1-19-14-27(33)35-25-15-23(12-13-24(19)25)34-18-26(32)29-16-21-17-31(22-10-6-3-7-11-22)30-28(21)20-8-4-2-5-9-20/h2-15,17H,16,18H2,1H3,(H,29,32). The predicted octanol–water partition coefficient (Wildman–Crippen LogP) is 4.65. The third-order valence-corrected chi connectivity index (χ3v) is 5.63. The smallest absolute Gasteiger partial charge is 0.336 e. The van der Waals surface area contributed by atoms with E-state index in [-0.39, 0.29) is 12.5 Å². The van der Waals surface area contributed by atoms with E-state index in [1.165, 1.54) is 6.07 Å². The molecule has 0 radical (unpaired) electrons. The lowest BCUT2D eigenvalue weighted by Gasteiger charge is -2.09. The number of nitrogens with one attached hydrogen (secondary N) is 1. The van der Waals surface area contributed by atoms with Crippen LogP contribution in [0, 0.1) is 6.92 Å². The number of hydrogen-bond donors (Lipinski definition) is 1. The second kappa shape index (κ2) is 9.69. The van der Waals surface area contributed by atoms with Gasteiger partial charge in [-0.1, -0.05) is 48.5 Å². The van der Waals surface area contributed by atoms with Gasteiger partial charge in [0.15, 0.2) is 6.61 Å². The van der Waals surface area contributed by atoms with Crippen LogP contribution in [0.2, 0.25) is 0 Å². The first-order valence-electron chi connectivity index (χ1n) is 11.2. The maximum atomic E-state index is 12.5. The van der Waals surface area contributed by atoms with E-state index in [9.17, 15) is 9.59 Å². The lowest BCUT2D eigenvalue weighted by atomic mass is 10.1. The van der Waals surface area contributed by atoms with Crippen molar-refractivity contribution >= 4 is 16.9 Å². The number of carbonyl (C=O) groups excluding carboxylic acids is 1. The summed E-state index contributed by atoms with van der Waals surface area (Å²) in [6, 6.07) is 26.3. The van der Waals surface area contributed by atoms with Crippen molar-refractivity contribution in [2.75, 3.05) is 6.61 Å². The number of rotatable bonds is 7. The van der Waals surface area contributed by atoms with Crippen LogP contribution in [0.4, 0.5) is 0 Å². The minimum absolute atomic E-state index is 0.172. The Labute approximate surface area is 201 Å². The largest absolute Gasteiger partial charge is 0.484 e. The summed E-state index contributed by atoms with van der Waals surface area (Å²) in [6.45, 7) is 1.97. The van der Waals surface area contributed by atoms with Crippen LogP contribution in [0.15, 0.2) is 100 Å². The molecule has 0 aliphatic carbocycles. The molecule has 0 saturated carbocycles. The summed E-state index contributed by atoms with van der Waals surface area (Å²) < 4.78 is 12.7. The van der Waals surface area contributed by atoms with Gasteiger partial charge in [0.25, 0.3) is 5.91 Å². The third kappa shape index (κ3) is 4.99. The van der Waals surface area contributed by atoms with Crippen LogP contribution in [0.5, 0.6) is 5.75 Å². The Hall–Kier alpha value is -4.65. The maximum Gasteiger partial charge on any atom is 0.336 e. The number of carbonyl (C=O) groups is 1. The highest BCUT2D eigenvalue weighted by atomic mass is 16.5. The van der Waals surface area contributed by atoms with Gasteiger partial charge in [0.05, 0.1) is 11.4 Å². The molecule has 0 saturated heterocycles. The van der Waals surface area contributed by atoms with Crippen LogP contribution in [-0.2, 0) is 11.3 Å². The topological polar surface area (TPSA) is 86.4 Å². The Morgan fingerprint density at radius 2 is 1.74 bits per heavy atom. The molecule has 2 heterocycles. The van der Waals surface area contributed by atoms with E-state index in [0.717, 1.165) is 33.5 Å². The average molecular weight is 466 g/mol. The van der Waals surface area contributed by atoms with Gasteiger partial charge in [0.2, 0.25) is 0 Å². The van der Waals surface area contributed by atoms with E-state index in [4.69, 9.17) is 14.3 Å². The first-order chi connectivity index (χ1) is 17.1. The molecule has 7 nitrogen and oxygen atoms in total. The van der Waals surface area contributed by atoms with Gasteiger partial charge in [0.1, 0.15) is 11.3 Å². The molecule has 174 valence electrons. The van der Waals surface area contributed by atoms with E-state index in [1.54, 1.807) is 12.1 Å². The summed E-state index contributed by atoms with van der Waals surface area (Å²) >= 11 is 0. The van der Waals surface area contributed by atoms with Gasteiger partial charge in [-0.05, 0) is 36.8 Å². The molecule has 0 aliphatic heterocycles. The number of aryl methyl sites for hydroxylation is 1. The fraction of sp³-hybridized carbons (Fsp3) is 0.107. The number of fused-ring (bicyclic) bond motifs is 1. The van der Waals surface area contributed by atoms with Crippen molar-refractivity contribution in [1.29, 1.82) is 0 Å². The van der Waals surface area contributed by atoms with Gasteiger partial charge in [-0.3, -0.25) is 4.79 Å². The Morgan fingerprint density at radius 3 is 2.51 bits per heavy atom.